The third kappa shape index (κ3) is 3.99. The molecule has 0 bridgehead atoms. The number of likely N-dealkylation sites (tertiary alicyclic amines) is 1. The van der Waals surface area contributed by atoms with Gasteiger partial charge in [0.25, 0.3) is 0 Å². The average Bonchev–Trinajstić information content (AvgIpc) is 3.18. The highest BCUT2D eigenvalue weighted by Crippen LogP contribution is 2.21. The zero-order chi connectivity index (χ0) is 16.2. The second-order valence-electron chi connectivity index (χ2n) is 5.96. The van der Waals surface area contributed by atoms with Crippen LogP contribution in [0.25, 0.3) is 0 Å². The van der Waals surface area contributed by atoms with Gasteiger partial charge in [0, 0.05) is 24.4 Å². The zero-order valence-corrected chi connectivity index (χ0v) is 13.9. The van der Waals surface area contributed by atoms with E-state index in [1.165, 1.54) is 5.56 Å². The molecule has 5 heteroatoms. The molecule has 120 valence electrons. The van der Waals surface area contributed by atoms with Crippen LogP contribution in [0, 0.1) is 12.8 Å². The second-order valence-corrected chi connectivity index (χ2v) is 6.99. The number of benzene rings is 1. The highest BCUT2D eigenvalue weighted by atomic mass is 32.1. The summed E-state index contributed by atoms with van der Waals surface area (Å²) in [5, 5.41) is 4.92. The fraction of sp³-hybridized carbons (Fsp3) is 0.333. The van der Waals surface area contributed by atoms with E-state index in [0.29, 0.717) is 26.1 Å². The number of thiophene rings is 1. The number of carbonyl (C=O) groups excluding carboxylic acids is 2. The molecule has 0 spiro atoms. The summed E-state index contributed by atoms with van der Waals surface area (Å²) >= 11 is 1.62. The molecule has 1 aromatic carbocycles. The lowest BCUT2D eigenvalue weighted by Crippen LogP contribution is -2.32. The maximum atomic E-state index is 12.2. The summed E-state index contributed by atoms with van der Waals surface area (Å²) in [5.74, 6) is -0.215. The molecule has 1 N–H and O–H groups in total. The van der Waals surface area contributed by atoms with Crippen molar-refractivity contribution in [2.75, 3.05) is 6.54 Å². The second kappa shape index (κ2) is 6.96. The predicted octanol–water partition coefficient (Wildman–Crippen LogP) is 2.72. The van der Waals surface area contributed by atoms with Crippen molar-refractivity contribution in [1.29, 1.82) is 0 Å². The summed E-state index contributed by atoms with van der Waals surface area (Å²) in [6.07, 6.45) is 0.308. The number of rotatable bonds is 5. The highest BCUT2D eigenvalue weighted by molar-refractivity contribution is 7.09. The topological polar surface area (TPSA) is 49.4 Å². The zero-order valence-electron chi connectivity index (χ0n) is 13.1. The highest BCUT2D eigenvalue weighted by Gasteiger charge is 2.34. The molecule has 2 aromatic rings. The first kappa shape index (κ1) is 15.7. The smallest absolute Gasteiger partial charge is 0.225 e. The predicted molar refractivity (Wildman–Crippen MR) is 90.9 cm³/mol. The van der Waals surface area contributed by atoms with E-state index >= 15 is 0 Å². The normalized spacial score (nSPS) is 17.5. The van der Waals surface area contributed by atoms with E-state index in [2.05, 4.69) is 5.32 Å². The summed E-state index contributed by atoms with van der Waals surface area (Å²) < 4.78 is 0. The van der Waals surface area contributed by atoms with Crippen LogP contribution in [0.5, 0.6) is 0 Å². The number of carbonyl (C=O) groups is 2. The molecule has 1 aliphatic rings. The van der Waals surface area contributed by atoms with Gasteiger partial charge in [0.2, 0.25) is 11.8 Å². The van der Waals surface area contributed by atoms with Gasteiger partial charge in [-0.1, -0.05) is 35.9 Å². The van der Waals surface area contributed by atoms with Gasteiger partial charge >= 0.3 is 0 Å². The van der Waals surface area contributed by atoms with Gasteiger partial charge in [0.05, 0.1) is 12.5 Å². The van der Waals surface area contributed by atoms with Gasteiger partial charge < -0.3 is 10.2 Å². The molecule has 0 saturated carbocycles. The van der Waals surface area contributed by atoms with Gasteiger partial charge in [-0.3, -0.25) is 9.59 Å². The fourth-order valence-corrected chi connectivity index (χ4v) is 3.39. The quantitative estimate of drug-likeness (QED) is 0.917. The van der Waals surface area contributed by atoms with Crippen molar-refractivity contribution in [2.45, 2.75) is 26.4 Å². The Hall–Kier alpha value is -2.14. The van der Waals surface area contributed by atoms with Crippen LogP contribution in [0.2, 0.25) is 0 Å². The van der Waals surface area contributed by atoms with Crippen LogP contribution < -0.4 is 5.32 Å². The van der Waals surface area contributed by atoms with Crippen LogP contribution in [-0.2, 0) is 22.7 Å². The molecule has 0 unspecified atom stereocenters. The SMILES string of the molecule is Cc1ccc(CN2C[C@H](C(=O)NCc3cccs3)CC2=O)cc1. The van der Waals surface area contributed by atoms with Gasteiger partial charge in [0.15, 0.2) is 0 Å². The Balaban J connectivity index is 1.54. The first-order valence-electron chi connectivity index (χ1n) is 7.75. The van der Waals surface area contributed by atoms with Crippen molar-refractivity contribution >= 4 is 23.2 Å². The first-order valence-corrected chi connectivity index (χ1v) is 8.63. The van der Waals surface area contributed by atoms with Gasteiger partial charge in [-0.15, -0.1) is 11.3 Å². The Bertz CT molecular complexity index is 680. The van der Waals surface area contributed by atoms with E-state index in [4.69, 9.17) is 0 Å². The largest absolute Gasteiger partial charge is 0.351 e. The third-order valence-corrected chi connectivity index (χ3v) is 4.97. The van der Waals surface area contributed by atoms with Crippen molar-refractivity contribution in [2.24, 2.45) is 5.92 Å². The molecule has 1 saturated heterocycles. The summed E-state index contributed by atoms with van der Waals surface area (Å²) in [7, 11) is 0. The minimum Gasteiger partial charge on any atom is -0.351 e. The third-order valence-electron chi connectivity index (χ3n) is 4.10. The lowest BCUT2D eigenvalue weighted by molar-refractivity contribution is -0.129. The lowest BCUT2D eigenvalue weighted by Gasteiger charge is -2.16. The van der Waals surface area contributed by atoms with E-state index in [9.17, 15) is 9.59 Å². The summed E-state index contributed by atoms with van der Waals surface area (Å²) in [6.45, 7) is 3.66. The summed E-state index contributed by atoms with van der Waals surface area (Å²) in [5.41, 5.74) is 2.30. The van der Waals surface area contributed by atoms with Crippen molar-refractivity contribution in [3.8, 4) is 0 Å². The van der Waals surface area contributed by atoms with Crippen molar-refractivity contribution in [3.63, 3.8) is 0 Å². The van der Waals surface area contributed by atoms with Gasteiger partial charge in [-0.05, 0) is 23.9 Å². The number of nitrogens with one attached hydrogen (secondary N) is 1. The Morgan fingerprint density at radius 3 is 2.78 bits per heavy atom. The molecule has 1 aliphatic heterocycles. The Morgan fingerprint density at radius 1 is 1.30 bits per heavy atom. The fourth-order valence-electron chi connectivity index (χ4n) is 2.75. The Kier molecular flexibility index (Phi) is 4.76. The molecule has 3 rings (SSSR count). The Morgan fingerprint density at radius 2 is 2.09 bits per heavy atom. The van der Waals surface area contributed by atoms with E-state index in [1.807, 2.05) is 48.7 Å². The van der Waals surface area contributed by atoms with Crippen LogP contribution in [0.4, 0.5) is 0 Å². The lowest BCUT2D eigenvalue weighted by atomic mass is 10.1. The van der Waals surface area contributed by atoms with Gasteiger partial charge in [-0.2, -0.15) is 0 Å². The minimum absolute atomic E-state index is 0.0295. The first-order chi connectivity index (χ1) is 11.1. The maximum absolute atomic E-state index is 12.2. The molecule has 0 radical (unpaired) electrons. The van der Waals surface area contributed by atoms with Crippen LogP contribution in [-0.4, -0.2) is 23.3 Å². The van der Waals surface area contributed by atoms with Crippen molar-refractivity contribution in [3.05, 3.63) is 57.8 Å². The van der Waals surface area contributed by atoms with Crippen LogP contribution in [0.1, 0.15) is 22.4 Å². The monoisotopic (exact) mass is 328 g/mol. The number of amides is 2. The molecule has 1 atom stereocenters. The van der Waals surface area contributed by atoms with Crippen molar-refractivity contribution < 1.29 is 9.59 Å². The minimum atomic E-state index is -0.243. The van der Waals surface area contributed by atoms with Crippen LogP contribution in [0.15, 0.2) is 41.8 Å². The molecule has 1 fully saturated rings. The van der Waals surface area contributed by atoms with E-state index in [-0.39, 0.29) is 17.7 Å². The van der Waals surface area contributed by atoms with Gasteiger partial charge in [0.1, 0.15) is 0 Å². The Labute approximate surface area is 140 Å². The molecule has 4 nitrogen and oxygen atoms in total. The molecule has 0 aliphatic carbocycles. The standard InChI is InChI=1S/C18H20N2O2S/c1-13-4-6-14(7-5-13)11-20-12-15(9-17(20)21)18(22)19-10-16-3-2-8-23-16/h2-8,15H,9-12H2,1H3,(H,19,22)/t15-/m1/s1. The number of nitrogens with zero attached hydrogens (tertiary/aromatic N) is 1. The van der Waals surface area contributed by atoms with Gasteiger partial charge in [-0.25, -0.2) is 0 Å². The molecular formula is C18H20N2O2S. The maximum Gasteiger partial charge on any atom is 0.225 e. The number of hydrogen-bond donors (Lipinski definition) is 1. The molecule has 1 aromatic heterocycles. The molecule has 23 heavy (non-hydrogen) atoms. The van der Waals surface area contributed by atoms with E-state index in [1.54, 1.807) is 16.2 Å². The molecular weight excluding hydrogens is 308 g/mol. The van der Waals surface area contributed by atoms with Crippen LogP contribution >= 0.6 is 11.3 Å². The summed E-state index contributed by atoms with van der Waals surface area (Å²) in [6, 6.07) is 12.1. The number of aryl methyl sites for hydroxylation is 1. The summed E-state index contributed by atoms with van der Waals surface area (Å²) in [4.78, 5) is 27.3. The van der Waals surface area contributed by atoms with E-state index in [0.717, 1.165) is 10.4 Å². The van der Waals surface area contributed by atoms with Crippen molar-refractivity contribution in [1.82, 2.24) is 10.2 Å². The molecule has 2 amide bonds. The van der Waals surface area contributed by atoms with Crippen LogP contribution in [0.3, 0.4) is 0 Å². The number of hydrogen-bond acceptors (Lipinski definition) is 3. The van der Waals surface area contributed by atoms with E-state index < -0.39 is 0 Å². The average molecular weight is 328 g/mol. The molecule has 2 heterocycles.